The van der Waals surface area contributed by atoms with Gasteiger partial charge in [0, 0.05) is 47.1 Å². The van der Waals surface area contributed by atoms with E-state index in [4.69, 9.17) is 0 Å². The molecule has 1 unspecified atom stereocenters. The largest absolute Gasteiger partial charge is 0.353 e. The number of halogens is 1. The summed E-state index contributed by atoms with van der Waals surface area (Å²) in [6.45, 7) is 5.27. The molecule has 4 heteroatoms. The molecule has 0 amide bonds. The Bertz CT molecular complexity index is 570. The van der Waals surface area contributed by atoms with E-state index in [1.807, 2.05) is 6.20 Å². The van der Waals surface area contributed by atoms with E-state index in [9.17, 15) is 0 Å². The van der Waals surface area contributed by atoms with Crippen LogP contribution in [0.15, 0.2) is 34.9 Å². The molecule has 1 saturated heterocycles. The number of fused-ring (bicyclic) bond motifs is 1. The Labute approximate surface area is 115 Å². The Morgan fingerprint density at radius 1 is 1.33 bits per heavy atom. The lowest BCUT2D eigenvalue weighted by Crippen LogP contribution is -2.49. The third-order valence-corrected chi connectivity index (χ3v) is 4.09. The quantitative estimate of drug-likeness (QED) is 0.878. The van der Waals surface area contributed by atoms with Crippen LogP contribution < -0.4 is 10.2 Å². The minimum atomic E-state index is 0.517. The van der Waals surface area contributed by atoms with Gasteiger partial charge in [-0.05, 0) is 19.1 Å². The average molecular weight is 306 g/mol. The molecule has 0 bridgehead atoms. The number of nitrogens with zero attached hydrogens (tertiary/aromatic N) is 2. The maximum absolute atomic E-state index is 4.58. The number of pyridine rings is 1. The van der Waals surface area contributed by atoms with Crippen molar-refractivity contribution < 1.29 is 0 Å². The lowest BCUT2D eigenvalue weighted by molar-refractivity contribution is 0.483. The van der Waals surface area contributed by atoms with Gasteiger partial charge in [0.2, 0.25) is 0 Å². The van der Waals surface area contributed by atoms with Crippen LogP contribution in [-0.2, 0) is 0 Å². The van der Waals surface area contributed by atoms with Crippen molar-refractivity contribution in [1.82, 2.24) is 10.3 Å². The predicted octanol–water partition coefficient (Wildman–Crippen LogP) is 2.80. The highest BCUT2D eigenvalue weighted by atomic mass is 79.9. The smallest absolute Gasteiger partial charge is 0.136 e. The molecule has 1 atom stereocenters. The van der Waals surface area contributed by atoms with Crippen LogP contribution in [0, 0.1) is 0 Å². The highest BCUT2D eigenvalue weighted by Gasteiger charge is 2.18. The van der Waals surface area contributed by atoms with Crippen molar-refractivity contribution in [3.05, 3.63) is 34.9 Å². The van der Waals surface area contributed by atoms with E-state index in [0.29, 0.717) is 6.04 Å². The van der Waals surface area contributed by atoms with Crippen LogP contribution in [0.1, 0.15) is 6.92 Å². The van der Waals surface area contributed by atoms with Crippen LogP contribution in [0.2, 0.25) is 0 Å². The molecule has 1 aromatic heterocycles. The number of hydrogen-bond donors (Lipinski definition) is 1. The van der Waals surface area contributed by atoms with Crippen LogP contribution >= 0.6 is 15.9 Å². The zero-order valence-electron chi connectivity index (χ0n) is 10.4. The fourth-order valence-corrected chi connectivity index (χ4v) is 3.03. The minimum Gasteiger partial charge on any atom is -0.353 e. The van der Waals surface area contributed by atoms with Crippen LogP contribution in [0.5, 0.6) is 0 Å². The van der Waals surface area contributed by atoms with Gasteiger partial charge in [0.25, 0.3) is 0 Å². The molecule has 94 valence electrons. The van der Waals surface area contributed by atoms with E-state index < -0.39 is 0 Å². The van der Waals surface area contributed by atoms with Gasteiger partial charge in [-0.25, -0.2) is 4.98 Å². The molecule has 1 aliphatic rings. The second-order valence-electron chi connectivity index (χ2n) is 4.77. The van der Waals surface area contributed by atoms with Gasteiger partial charge in [0.05, 0.1) is 0 Å². The molecule has 0 radical (unpaired) electrons. The van der Waals surface area contributed by atoms with E-state index in [0.717, 1.165) is 29.9 Å². The van der Waals surface area contributed by atoms with E-state index in [-0.39, 0.29) is 0 Å². The van der Waals surface area contributed by atoms with Gasteiger partial charge in [-0.2, -0.15) is 0 Å². The molecule has 1 N–H and O–H groups in total. The van der Waals surface area contributed by atoms with Gasteiger partial charge < -0.3 is 10.2 Å². The number of benzene rings is 1. The number of anilines is 1. The van der Waals surface area contributed by atoms with Gasteiger partial charge in [-0.15, -0.1) is 0 Å². The molecule has 1 aliphatic heterocycles. The van der Waals surface area contributed by atoms with E-state index in [1.165, 1.54) is 10.8 Å². The fourth-order valence-electron chi connectivity index (χ4n) is 2.53. The molecule has 3 nitrogen and oxygen atoms in total. The van der Waals surface area contributed by atoms with Crippen LogP contribution in [0.4, 0.5) is 5.82 Å². The fraction of sp³-hybridized carbons (Fsp3) is 0.357. The molecule has 0 spiro atoms. The molecule has 2 heterocycles. The van der Waals surface area contributed by atoms with Crippen molar-refractivity contribution in [2.75, 3.05) is 24.5 Å². The summed E-state index contributed by atoms with van der Waals surface area (Å²) in [5, 5.41) is 5.92. The molecule has 1 fully saturated rings. The Hall–Kier alpha value is -1.13. The summed E-state index contributed by atoms with van der Waals surface area (Å²) >= 11 is 3.61. The number of rotatable bonds is 1. The van der Waals surface area contributed by atoms with Crippen LogP contribution in [-0.4, -0.2) is 30.7 Å². The second-order valence-corrected chi connectivity index (χ2v) is 5.63. The molecule has 1 aromatic carbocycles. The highest BCUT2D eigenvalue weighted by molar-refractivity contribution is 9.10. The standard InChI is InChI=1S/C14H16BrN3/c1-10-9-18(8-7-16-10)14-12-3-2-4-13(15)11(12)5-6-17-14/h2-6,10,16H,7-9H2,1H3. The van der Waals surface area contributed by atoms with Gasteiger partial charge in [0.15, 0.2) is 0 Å². The number of aromatic nitrogens is 1. The van der Waals surface area contributed by atoms with Gasteiger partial charge >= 0.3 is 0 Å². The number of hydrogen-bond acceptors (Lipinski definition) is 3. The third-order valence-electron chi connectivity index (χ3n) is 3.40. The Balaban J connectivity index is 2.09. The number of piperazine rings is 1. The predicted molar refractivity (Wildman–Crippen MR) is 79.1 cm³/mol. The van der Waals surface area contributed by atoms with Crippen molar-refractivity contribution in [2.45, 2.75) is 13.0 Å². The molecule has 0 aliphatic carbocycles. The Kier molecular flexibility index (Phi) is 3.22. The molecular weight excluding hydrogens is 290 g/mol. The highest BCUT2D eigenvalue weighted by Crippen LogP contribution is 2.30. The summed E-state index contributed by atoms with van der Waals surface area (Å²) < 4.78 is 1.13. The summed E-state index contributed by atoms with van der Waals surface area (Å²) in [5.41, 5.74) is 0. The zero-order valence-corrected chi connectivity index (χ0v) is 11.9. The molecule has 0 saturated carbocycles. The maximum Gasteiger partial charge on any atom is 0.136 e. The SMILES string of the molecule is CC1CN(c2nccc3c(Br)cccc23)CCN1. The van der Waals surface area contributed by atoms with Gasteiger partial charge in [-0.3, -0.25) is 0 Å². The van der Waals surface area contributed by atoms with E-state index in [2.05, 4.69) is 62.3 Å². The Morgan fingerprint density at radius 3 is 3.06 bits per heavy atom. The van der Waals surface area contributed by atoms with Crippen molar-refractivity contribution in [1.29, 1.82) is 0 Å². The first-order valence-corrected chi connectivity index (χ1v) is 7.06. The van der Waals surface area contributed by atoms with E-state index in [1.54, 1.807) is 0 Å². The second kappa shape index (κ2) is 4.86. The minimum absolute atomic E-state index is 0.517. The lowest BCUT2D eigenvalue weighted by atomic mass is 10.1. The molecular formula is C14H16BrN3. The topological polar surface area (TPSA) is 28.2 Å². The maximum atomic E-state index is 4.58. The van der Waals surface area contributed by atoms with Crippen molar-refractivity contribution in [2.24, 2.45) is 0 Å². The average Bonchev–Trinajstić information content (AvgIpc) is 2.39. The zero-order chi connectivity index (χ0) is 12.5. The first-order valence-electron chi connectivity index (χ1n) is 6.27. The molecule has 3 rings (SSSR count). The monoisotopic (exact) mass is 305 g/mol. The first kappa shape index (κ1) is 11.9. The molecule has 18 heavy (non-hydrogen) atoms. The van der Waals surface area contributed by atoms with E-state index >= 15 is 0 Å². The summed E-state index contributed by atoms with van der Waals surface area (Å²) in [6.07, 6.45) is 1.90. The van der Waals surface area contributed by atoms with Crippen molar-refractivity contribution >= 4 is 32.5 Å². The van der Waals surface area contributed by atoms with Gasteiger partial charge in [0.1, 0.15) is 5.82 Å². The third kappa shape index (κ3) is 2.10. The van der Waals surface area contributed by atoms with Crippen molar-refractivity contribution in [3.8, 4) is 0 Å². The summed E-state index contributed by atoms with van der Waals surface area (Å²) in [7, 11) is 0. The van der Waals surface area contributed by atoms with Crippen molar-refractivity contribution in [3.63, 3.8) is 0 Å². The Morgan fingerprint density at radius 2 is 2.22 bits per heavy atom. The molecule has 2 aromatic rings. The van der Waals surface area contributed by atoms with Crippen LogP contribution in [0.25, 0.3) is 10.8 Å². The number of nitrogens with one attached hydrogen (secondary N) is 1. The lowest BCUT2D eigenvalue weighted by Gasteiger charge is -2.33. The van der Waals surface area contributed by atoms with Crippen LogP contribution in [0.3, 0.4) is 0 Å². The normalized spacial score (nSPS) is 20.3. The van der Waals surface area contributed by atoms with Gasteiger partial charge in [-0.1, -0.05) is 28.1 Å². The summed E-state index contributed by atoms with van der Waals surface area (Å²) in [5.74, 6) is 1.10. The summed E-state index contributed by atoms with van der Waals surface area (Å²) in [4.78, 5) is 6.95. The first-order chi connectivity index (χ1) is 8.75. The summed E-state index contributed by atoms with van der Waals surface area (Å²) in [6, 6.07) is 8.88.